The smallest absolute Gasteiger partial charge is 0.330 e. The summed E-state index contributed by atoms with van der Waals surface area (Å²) in [5, 5.41) is 8.52. The van der Waals surface area contributed by atoms with E-state index in [-0.39, 0.29) is 25.2 Å². The number of rotatable bonds is 4. The molecule has 0 radical (unpaired) electrons. The number of esters is 1. The van der Waals surface area contributed by atoms with Gasteiger partial charge in [-0.3, -0.25) is 0 Å². The van der Waals surface area contributed by atoms with E-state index in [1.165, 1.54) is 0 Å². The van der Waals surface area contributed by atoms with Gasteiger partial charge in [-0.05, 0) is 25.3 Å². The number of ether oxygens (including phenoxy) is 1. The summed E-state index contributed by atoms with van der Waals surface area (Å²) in [6, 6.07) is 1.90. The summed E-state index contributed by atoms with van der Waals surface area (Å²) in [7, 11) is -3.28. The molecular formula is C12H17NO4S. The number of nitriles is 1. The topological polar surface area (TPSA) is 84.2 Å². The van der Waals surface area contributed by atoms with Crippen LogP contribution in [0.15, 0.2) is 12.2 Å². The van der Waals surface area contributed by atoms with Gasteiger partial charge >= 0.3 is 5.97 Å². The molecular weight excluding hydrogens is 254 g/mol. The monoisotopic (exact) mass is 271 g/mol. The molecule has 0 spiro atoms. The Morgan fingerprint density at radius 1 is 1.61 bits per heavy atom. The van der Waals surface area contributed by atoms with E-state index in [2.05, 4.69) is 6.58 Å². The molecule has 1 saturated carbocycles. The van der Waals surface area contributed by atoms with E-state index in [0.717, 1.165) is 0 Å². The van der Waals surface area contributed by atoms with Gasteiger partial charge < -0.3 is 4.74 Å². The van der Waals surface area contributed by atoms with Crippen LogP contribution in [-0.4, -0.2) is 32.0 Å². The Labute approximate surface area is 107 Å². The molecule has 5 nitrogen and oxygen atoms in total. The van der Waals surface area contributed by atoms with Gasteiger partial charge in [0, 0.05) is 5.75 Å². The highest BCUT2D eigenvalue weighted by Crippen LogP contribution is 2.45. The maximum absolute atomic E-state index is 11.9. The molecule has 1 rings (SSSR count). The first-order chi connectivity index (χ1) is 8.34. The van der Waals surface area contributed by atoms with Gasteiger partial charge in [-0.25, -0.2) is 13.2 Å². The van der Waals surface area contributed by atoms with E-state index in [0.29, 0.717) is 5.57 Å². The van der Waals surface area contributed by atoms with Crippen LogP contribution in [0.3, 0.4) is 0 Å². The minimum Gasteiger partial charge on any atom is -0.465 e. The highest BCUT2D eigenvalue weighted by atomic mass is 32.2. The van der Waals surface area contributed by atoms with Gasteiger partial charge in [-0.15, -0.1) is 0 Å². The molecule has 6 heteroatoms. The Hall–Kier alpha value is -1.35. The largest absolute Gasteiger partial charge is 0.465 e. The molecule has 0 saturated heterocycles. The Balaban J connectivity index is 3.09. The maximum atomic E-state index is 11.9. The summed E-state index contributed by atoms with van der Waals surface area (Å²) in [6.07, 6.45) is 0.111. The highest BCUT2D eigenvalue weighted by Gasteiger charge is 2.53. The first-order valence-corrected chi connectivity index (χ1v) is 7.54. The van der Waals surface area contributed by atoms with Crippen LogP contribution in [0.5, 0.6) is 0 Å². The van der Waals surface area contributed by atoms with E-state index in [1.807, 2.05) is 6.07 Å². The van der Waals surface area contributed by atoms with Crippen molar-refractivity contribution < 1.29 is 17.9 Å². The van der Waals surface area contributed by atoms with Crippen molar-refractivity contribution in [2.45, 2.75) is 31.9 Å². The van der Waals surface area contributed by atoms with Crippen LogP contribution in [0.1, 0.15) is 26.7 Å². The quantitative estimate of drug-likeness (QED) is 0.567. The van der Waals surface area contributed by atoms with Crippen molar-refractivity contribution in [2.24, 2.45) is 5.41 Å². The number of carbonyl (C=O) groups excluding carboxylic acids is 1. The molecule has 100 valence electrons. The summed E-state index contributed by atoms with van der Waals surface area (Å²) in [6.45, 7) is 7.04. The van der Waals surface area contributed by atoms with E-state index < -0.39 is 26.5 Å². The zero-order valence-corrected chi connectivity index (χ0v) is 11.4. The average molecular weight is 271 g/mol. The van der Waals surface area contributed by atoms with Gasteiger partial charge in [-0.1, -0.05) is 13.5 Å². The standard InChI is InChI=1S/C12H17NO4S/c1-4-17-11(14)12(8-13)7-10(6-9(12)3)18(15,16)5-2/h10H,3-7H2,1-2H3/t10-,12-/m1/s1. The SMILES string of the molecule is C=C1C[C@@H](S(=O)(=O)CC)C[C@]1(C#N)C(=O)OCC. The fourth-order valence-corrected chi connectivity index (χ4v) is 3.58. The maximum Gasteiger partial charge on any atom is 0.330 e. The molecule has 0 bridgehead atoms. The number of carbonyl (C=O) groups is 1. The number of sulfone groups is 1. The lowest BCUT2D eigenvalue weighted by Gasteiger charge is -2.19. The molecule has 0 aliphatic heterocycles. The predicted molar refractivity (Wildman–Crippen MR) is 66.3 cm³/mol. The summed E-state index contributed by atoms with van der Waals surface area (Å²) in [5.74, 6) is -0.693. The average Bonchev–Trinajstić information content (AvgIpc) is 2.68. The van der Waals surface area contributed by atoms with Crippen LogP contribution >= 0.6 is 0 Å². The molecule has 1 aliphatic rings. The first kappa shape index (κ1) is 14.7. The van der Waals surface area contributed by atoms with Gasteiger partial charge in [0.1, 0.15) is 0 Å². The third-order valence-electron chi connectivity index (χ3n) is 3.34. The van der Waals surface area contributed by atoms with Crippen molar-refractivity contribution in [1.82, 2.24) is 0 Å². The molecule has 0 amide bonds. The lowest BCUT2D eigenvalue weighted by Crippen LogP contribution is -2.32. The third-order valence-corrected chi connectivity index (χ3v) is 5.49. The summed E-state index contributed by atoms with van der Waals surface area (Å²) >= 11 is 0. The lowest BCUT2D eigenvalue weighted by molar-refractivity contribution is -0.149. The van der Waals surface area contributed by atoms with Crippen LogP contribution < -0.4 is 0 Å². The molecule has 0 aromatic rings. The second-order valence-electron chi connectivity index (χ2n) is 4.32. The minimum atomic E-state index is -3.28. The fraction of sp³-hybridized carbons (Fsp3) is 0.667. The van der Waals surface area contributed by atoms with Gasteiger partial charge in [0.15, 0.2) is 15.3 Å². The Bertz CT molecular complexity index is 503. The van der Waals surface area contributed by atoms with Crippen LogP contribution in [0, 0.1) is 16.7 Å². The van der Waals surface area contributed by atoms with Crippen LogP contribution in [-0.2, 0) is 19.4 Å². The van der Waals surface area contributed by atoms with Crippen LogP contribution in [0.25, 0.3) is 0 Å². The Morgan fingerprint density at radius 3 is 2.67 bits per heavy atom. The third kappa shape index (κ3) is 2.27. The van der Waals surface area contributed by atoms with E-state index in [4.69, 9.17) is 4.74 Å². The van der Waals surface area contributed by atoms with Crippen molar-refractivity contribution in [3.8, 4) is 6.07 Å². The second kappa shape index (κ2) is 5.11. The van der Waals surface area contributed by atoms with E-state index in [9.17, 15) is 18.5 Å². The van der Waals surface area contributed by atoms with Crippen molar-refractivity contribution in [2.75, 3.05) is 12.4 Å². The number of hydrogen-bond acceptors (Lipinski definition) is 5. The molecule has 0 heterocycles. The van der Waals surface area contributed by atoms with Crippen LogP contribution in [0.4, 0.5) is 0 Å². The lowest BCUT2D eigenvalue weighted by atomic mass is 9.85. The fourth-order valence-electron chi connectivity index (χ4n) is 2.15. The van der Waals surface area contributed by atoms with E-state index in [1.54, 1.807) is 13.8 Å². The molecule has 0 unspecified atom stereocenters. The van der Waals surface area contributed by atoms with Gasteiger partial charge in [0.25, 0.3) is 0 Å². The molecule has 1 fully saturated rings. The predicted octanol–water partition coefficient (Wildman–Crippen LogP) is 1.21. The number of hydrogen-bond donors (Lipinski definition) is 0. The zero-order valence-electron chi connectivity index (χ0n) is 10.6. The summed E-state index contributed by atoms with van der Waals surface area (Å²) in [5.41, 5.74) is -1.16. The van der Waals surface area contributed by atoms with Crippen LogP contribution in [0.2, 0.25) is 0 Å². The Morgan fingerprint density at radius 2 is 2.22 bits per heavy atom. The minimum absolute atomic E-state index is 0.00468. The molecule has 1 aliphatic carbocycles. The van der Waals surface area contributed by atoms with Crippen molar-refractivity contribution >= 4 is 15.8 Å². The molecule has 18 heavy (non-hydrogen) atoms. The molecule has 0 aromatic carbocycles. The normalized spacial score (nSPS) is 27.8. The van der Waals surface area contributed by atoms with Gasteiger partial charge in [0.05, 0.1) is 17.9 Å². The molecule has 0 N–H and O–H groups in total. The van der Waals surface area contributed by atoms with Crippen molar-refractivity contribution in [3.63, 3.8) is 0 Å². The summed E-state index contributed by atoms with van der Waals surface area (Å²) in [4.78, 5) is 11.9. The van der Waals surface area contributed by atoms with Gasteiger partial charge in [-0.2, -0.15) is 5.26 Å². The molecule has 2 atom stereocenters. The van der Waals surface area contributed by atoms with E-state index >= 15 is 0 Å². The number of nitrogens with zero attached hydrogens (tertiary/aromatic N) is 1. The highest BCUT2D eigenvalue weighted by molar-refractivity contribution is 7.92. The first-order valence-electron chi connectivity index (χ1n) is 5.82. The molecule has 0 aromatic heterocycles. The second-order valence-corrected chi connectivity index (χ2v) is 6.89. The van der Waals surface area contributed by atoms with Gasteiger partial charge in [0.2, 0.25) is 0 Å². The Kier molecular flexibility index (Phi) is 4.17. The zero-order chi connectivity index (χ0) is 14.0. The van der Waals surface area contributed by atoms with Crippen molar-refractivity contribution in [1.29, 1.82) is 5.26 Å². The van der Waals surface area contributed by atoms with Crippen molar-refractivity contribution in [3.05, 3.63) is 12.2 Å². The summed E-state index contributed by atoms with van der Waals surface area (Å²) < 4.78 is 28.5.